The van der Waals surface area contributed by atoms with Gasteiger partial charge in [0.15, 0.2) is 0 Å². The van der Waals surface area contributed by atoms with Gasteiger partial charge in [-0.15, -0.1) is 0 Å². The van der Waals surface area contributed by atoms with Crippen molar-refractivity contribution in [3.8, 4) is 0 Å². The molecule has 0 radical (unpaired) electrons. The van der Waals surface area contributed by atoms with Crippen molar-refractivity contribution >= 4 is 6.08 Å². The molecule has 1 rings (SSSR count). The largest absolute Gasteiger partial charge is 0.0871 e. The van der Waals surface area contributed by atoms with E-state index in [4.69, 9.17) is 0 Å². The molecule has 0 aliphatic rings. The van der Waals surface area contributed by atoms with Gasteiger partial charge in [0.1, 0.15) is 0 Å². The molecule has 0 amide bonds. The van der Waals surface area contributed by atoms with Crippen LogP contribution in [0.25, 0.3) is 6.08 Å². The zero-order valence-electron chi connectivity index (χ0n) is 10.4. The van der Waals surface area contributed by atoms with E-state index in [0.717, 1.165) is 0 Å². The molecule has 0 aromatic heterocycles. The first-order valence-electron chi connectivity index (χ1n) is 5.89. The maximum Gasteiger partial charge on any atom is -0.00805 e. The second kappa shape index (κ2) is 5.16. The summed E-state index contributed by atoms with van der Waals surface area (Å²) >= 11 is 0. The molecule has 0 saturated heterocycles. The molecule has 0 atom stereocenters. The second-order valence-corrected chi connectivity index (χ2v) is 4.39. The summed E-state index contributed by atoms with van der Waals surface area (Å²) in [5.74, 6) is 0. The second-order valence-electron chi connectivity index (χ2n) is 4.39. The highest BCUT2D eigenvalue weighted by Gasteiger charge is 2.21. The van der Waals surface area contributed by atoms with Crippen LogP contribution < -0.4 is 0 Å². The molecule has 0 heterocycles. The van der Waals surface area contributed by atoms with Gasteiger partial charge in [-0.05, 0) is 36.3 Å². The molecule has 1 aromatic rings. The SMILES string of the molecule is C/C=C/c1ccc(C(C)(CC)CC)cc1. The smallest absolute Gasteiger partial charge is 0.00805 e. The highest BCUT2D eigenvalue weighted by atomic mass is 14.3. The third kappa shape index (κ3) is 2.71. The van der Waals surface area contributed by atoms with Crippen molar-refractivity contribution in [2.75, 3.05) is 0 Å². The summed E-state index contributed by atoms with van der Waals surface area (Å²) in [6, 6.07) is 8.95. The minimum absolute atomic E-state index is 0.342. The van der Waals surface area contributed by atoms with Crippen molar-refractivity contribution in [3.63, 3.8) is 0 Å². The Morgan fingerprint density at radius 3 is 2.00 bits per heavy atom. The Balaban J connectivity index is 2.97. The van der Waals surface area contributed by atoms with Gasteiger partial charge in [-0.25, -0.2) is 0 Å². The number of allylic oxidation sites excluding steroid dienone is 1. The van der Waals surface area contributed by atoms with Gasteiger partial charge in [-0.3, -0.25) is 0 Å². The molecule has 0 unspecified atom stereocenters. The van der Waals surface area contributed by atoms with Gasteiger partial charge in [0, 0.05) is 0 Å². The summed E-state index contributed by atoms with van der Waals surface area (Å²) in [5.41, 5.74) is 3.09. The Bertz CT molecular complexity index is 312. The third-order valence-corrected chi connectivity index (χ3v) is 3.53. The first kappa shape index (κ1) is 12.0. The van der Waals surface area contributed by atoms with Crippen molar-refractivity contribution in [2.45, 2.75) is 46.0 Å². The lowest BCUT2D eigenvalue weighted by Crippen LogP contribution is -2.19. The summed E-state index contributed by atoms with van der Waals surface area (Å²) < 4.78 is 0. The normalized spacial score (nSPS) is 12.3. The van der Waals surface area contributed by atoms with Crippen molar-refractivity contribution < 1.29 is 0 Å². The van der Waals surface area contributed by atoms with Gasteiger partial charge in [0.2, 0.25) is 0 Å². The van der Waals surface area contributed by atoms with Crippen molar-refractivity contribution in [1.29, 1.82) is 0 Å². The summed E-state index contributed by atoms with van der Waals surface area (Å²) in [6.07, 6.45) is 6.62. The molecular weight excluding hydrogens is 180 g/mol. The standard InChI is InChI=1S/C15H22/c1-5-8-13-9-11-14(12-10-13)15(4,6-2)7-3/h5,8-12H,6-7H2,1-4H3/b8-5+. The zero-order valence-corrected chi connectivity index (χ0v) is 10.4. The molecule has 0 heteroatoms. The first-order valence-corrected chi connectivity index (χ1v) is 5.89. The molecule has 0 fully saturated rings. The van der Waals surface area contributed by atoms with Crippen molar-refractivity contribution in [3.05, 3.63) is 41.5 Å². The van der Waals surface area contributed by atoms with E-state index in [2.05, 4.69) is 64.1 Å². The van der Waals surface area contributed by atoms with Gasteiger partial charge < -0.3 is 0 Å². The topological polar surface area (TPSA) is 0 Å². The van der Waals surface area contributed by atoms with E-state index < -0.39 is 0 Å². The average Bonchev–Trinajstić information content (AvgIpc) is 2.29. The molecule has 0 spiro atoms. The van der Waals surface area contributed by atoms with E-state index in [1.165, 1.54) is 24.0 Å². The molecule has 0 N–H and O–H groups in total. The molecule has 0 aliphatic heterocycles. The summed E-state index contributed by atoms with van der Waals surface area (Å²) in [5, 5.41) is 0. The number of hydrogen-bond acceptors (Lipinski definition) is 0. The van der Waals surface area contributed by atoms with E-state index in [1.807, 2.05) is 0 Å². The first-order chi connectivity index (χ1) is 7.16. The summed E-state index contributed by atoms with van der Waals surface area (Å²) in [4.78, 5) is 0. The van der Waals surface area contributed by atoms with Gasteiger partial charge in [0.25, 0.3) is 0 Å². The fourth-order valence-corrected chi connectivity index (χ4v) is 1.85. The lowest BCUT2D eigenvalue weighted by Gasteiger charge is -2.27. The molecule has 1 aromatic carbocycles. The highest BCUT2D eigenvalue weighted by Crippen LogP contribution is 2.30. The Kier molecular flexibility index (Phi) is 4.14. The van der Waals surface area contributed by atoms with Crippen LogP contribution in [-0.4, -0.2) is 0 Å². The van der Waals surface area contributed by atoms with E-state index in [9.17, 15) is 0 Å². The Morgan fingerprint density at radius 1 is 1.07 bits per heavy atom. The van der Waals surface area contributed by atoms with Crippen LogP contribution in [0.2, 0.25) is 0 Å². The van der Waals surface area contributed by atoms with Crippen LogP contribution in [0.3, 0.4) is 0 Å². The Hall–Kier alpha value is -1.04. The fraction of sp³-hybridized carbons (Fsp3) is 0.467. The highest BCUT2D eigenvalue weighted by molar-refractivity contribution is 5.49. The monoisotopic (exact) mass is 202 g/mol. The average molecular weight is 202 g/mol. The quantitative estimate of drug-likeness (QED) is 0.658. The molecule has 15 heavy (non-hydrogen) atoms. The van der Waals surface area contributed by atoms with Crippen LogP contribution >= 0.6 is 0 Å². The van der Waals surface area contributed by atoms with Crippen LogP contribution in [-0.2, 0) is 5.41 Å². The van der Waals surface area contributed by atoms with E-state index in [1.54, 1.807) is 0 Å². The zero-order chi connectivity index (χ0) is 11.3. The predicted molar refractivity (Wildman–Crippen MR) is 69.1 cm³/mol. The summed E-state index contributed by atoms with van der Waals surface area (Å²) in [6.45, 7) is 8.93. The van der Waals surface area contributed by atoms with Crippen LogP contribution in [0.5, 0.6) is 0 Å². The lowest BCUT2D eigenvalue weighted by molar-refractivity contribution is 0.439. The summed E-state index contributed by atoms with van der Waals surface area (Å²) in [7, 11) is 0. The van der Waals surface area contributed by atoms with E-state index >= 15 is 0 Å². The Morgan fingerprint density at radius 2 is 1.60 bits per heavy atom. The molecule has 0 saturated carbocycles. The molecule has 82 valence electrons. The molecule has 0 nitrogen and oxygen atoms in total. The minimum atomic E-state index is 0.342. The van der Waals surface area contributed by atoms with Crippen LogP contribution in [0.1, 0.15) is 51.7 Å². The van der Waals surface area contributed by atoms with Gasteiger partial charge in [-0.2, -0.15) is 0 Å². The van der Waals surface area contributed by atoms with Gasteiger partial charge in [0.05, 0.1) is 0 Å². The van der Waals surface area contributed by atoms with Crippen LogP contribution in [0.15, 0.2) is 30.3 Å². The van der Waals surface area contributed by atoms with Crippen LogP contribution in [0.4, 0.5) is 0 Å². The number of benzene rings is 1. The predicted octanol–water partition coefficient (Wildman–Crippen LogP) is 4.80. The van der Waals surface area contributed by atoms with E-state index in [0.29, 0.717) is 5.41 Å². The van der Waals surface area contributed by atoms with E-state index in [-0.39, 0.29) is 0 Å². The number of hydrogen-bond donors (Lipinski definition) is 0. The Labute approximate surface area is 94.0 Å². The van der Waals surface area contributed by atoms with Crippen molar-refractivity contribution in [2.24, 2.45) is 0 Å². The number of rotatable bonds is 4. The fourth-order valence-electron chi connectivity index (χ4n) is 1.85. The van der Waals surface area contributed by atoms with Gasteiger partial charge >= 0.3 is 0 Å². The minimum Gasteiger partial charge on any atom is -0.0871 e. The molecule has 0 aliphatic carbocycles. The lowest BCUT2D eigenvalue weighted by atomic mass is 9.78. The van der Waals surface area contributed by atoms with Crippen LogP contribution in [0, 0.1) is 0 Å². The van der Waals surface area contributed by atoms with Gasteiger partial charge in [-0.1, -0.05) is 57.2 Å². The maximum absolute atomic E-state index is 2.34. The molecular formula is C15H22. The van der Waals surface area contributed by atoms with Crippen molar-refractivity contribution in [1.82, 2.24) is 0 Å². The molecule has 0 bridgehead atoms. The third-order valence-electron chi connectivity index (χ3n) is 3.53. The maximum atomic E-state index is 2.34.